The largest absolute Gasteiger partial charge is 0.337 e. The first-order valence-corrected chi connectivity index (χ1v) is 10.7. The summed E-state index contributed by atoms with van der Waals surface area (Å²) in [6.07, 6.45) is 0. The number of carbonyl (C=O) groups is 1. The van der Waals surface area contributed by atoms with Gasteiger partial charge in [-0.15, -0.1) is 11.3 Å². The maximum atomic E-state index is 12.9. The van der Waals surface area contributed by atoms with Gasteiger partial charge in [0.05, 0.1) is 16.7 Å². The standard InChI is InChI=1S/C19H26N4O2S2/c1-8-23-17(25)14-11(4)12(5)26-16(14)21-18(23)27-13(6)15(24)22-19(7,9-20)10(2)3/h10,13H,8H2,1-7H3,(H,22,24). The van der Waals surface area contributed by atoms with Gasteiger partial charge in [0.15, 0.2) is 5.16 Å². The second-order valence-corrected chi connectivity index (χ2v) is 9.64. The van der Waals surface area contributed by atoms with E-state index in [-0.39, 0.29) is 17.4 Å². The second kappa shape index (κ2) is 8.03. The maximum absolute atomic E-state index is 12.9. The molecule has 0 aliphatic carbocycles. The molecule has 1 amide bonds. The number of thiophene rings is 1. The normalized spacial score (nSPS) is 14.8. The number of aromatic nitrogens is 2. The molecular weight excluding hydrogens is 380 g/mol. The van der Waals surface area contributed by atoms with Gasteiger partial charge < -0.3 is 5.32 Å². The average molecular weight is 407 g/mol. The minimum Gasteiger partial charge on any atom is -0.337 e. The highest BCUT2D eigenvalue weighted by Gasteiger charge is 2.32. The van der Waals surface area contributed by atoms with Crippen molar-refractivity contribution in [1.82, 2.24) is 14.9 Å². The minimum absolute atomic E-state index is 0.0241. The molecule has 0 aliphatic rings. The van der Waals surface area contributed by atoms with Crippen LogP contribution in [0.5, 0.6) is 0 Å². The third kappa shape index (κ3) is 4.04. The third-order valence-electron chi connectivity index (χ3n) is 4.99. The van der Waals surface area contributed by atoms with Crippen molar-refractivity contribution < 1.29 is 4.79 Å². The fourth-order valence-electron chi connectivity index (χ4n) is 2.55. The molecule has 2 unspecified atom stereocenters. The number of thioether (sulfide) groups is 1. The van der Waals surface area contributed by atoms with Gasteiger partial charge in [0.1, 0.15) is 10.4 Å². The van der Waals surface area contributed by atoms with Crippen LogP contribution >= 0.6 is 23.1 Å². The van der Waals surface area contributed by atoms with E-state index in [0.717, 1.165) is 10.4 Å². The van der Waals surface area contributed by atoms with Crippen LogP contribution in [-0.2, 0) is 11.3 Å². The molecule has 27 heavy (non-hydrogen) atoms. The van der Waals surface area contributed by atoms with E-state index in [2.05, 4.69) is 16.4 Å². The monoisotopic (exact) mass is 406 g/mol. The molecule has 0 saturated heterocycles. The summed E-state index contributed by atoms with van der Waals surface area (Å²) >= 11 is 2.74. The molecule has 8 heteroatoms. The van der Waals surface area contributed by atoms with Crippen molar-refractivity contribution in [2.45, 2.75) is 71.0 Å². The number of fused-ring (bicyclic) bond motifs is 1. The van der Waals surface area contributed by atoms with Gasteiger partial charge in [-0.05, 0) is 46.1 Å². The summed E-state index contributed by atoms with van der Waals surface area (Å²) in [5.74, 6) is -0.266. The number of hydrogen-bond donors (Lipinski definition) is 1. The molecule has 2 aromatic heterocycles. The summed E-state index contributed by atoms with van der Waals surface area (Å²) in [7, 11) is 0. The van der Waals surface area contributed by atoms with E-state index >= 15 is 0 Å². The Hall–Kier alpha value is -1.85. The summed E-state index contributed by atoms with van der Waals surface area (Å²) in [6, 6.07) is 2.18. The Bertz CT molecular complexity index is 971. The van der Waals surface area contributed by atoms with E-state index in [1.54, 1.807) is 18.4 Å². The molecule has 0 radical (unpaired) electrons. The molecule has 0 saturated carbocycles. The number of nitriles is 1. The fourth-order valence-corrected chi connectivity index (χ4v) is 4.59. The summed E-state index contributed by atoms with van der Waals surface area (Å²) in [5.41, 5.74) is -0.0300. The molecule has 2 rings (SSSR count). The first-order chi connectivity index (χ1) is 12.6. The summed E-state index contributed by atoms with van der Waals surface area (Å²) in [6.45, 7) is 13.6. The van der Waals surface area contributed by atoms with Crippen LogP contribution in [0, 0.1) is 31.1 Å². The number of amides is 1. The maximum Gasteiger partial charge on any atom is 0.263 e. The molecule has 2 atom stereocenters. The van der Waals surface area contributed by atoms with E-state index in [4.69, 9.17) is 0 Å². The van der Waals surface area contributed by atoms with Crippen molar-refractivity contribution in [3.8, 4) is 6.07 Å². The zero-order valence-corrected chi connectivity index (χ0v) is 18.5. The Kier molecular flexibility index (Phi) is 6.38. The number of carbonyl (C=O) groups excluding carboxylic acids is 1. The van der Waals surface area contributed by atoms with Crippen LogP contribution in [0.3, 0.4) is 0 Å². The van der Waals surface area contributed by atoms with Gasteiger partial charge in [0.2, 0.25) is 5.91 Å². The molecule has 2 aromatic rings. The topological polar surface area (TPSA) is 87.8 Å². The van der Waals surface area contributed by atoms with Gasteiger partial charge in [-0.1, -0.05) is 25.6 Å². The predicted molar refractivity (Wildman–Crippen MR) is 111 cm³/mol. The molecule has 0 bridgehead atoms. The van der Waals surface area contributed by atoms with Crippen LogP contribution in [-0.4, -0.2) is 26.2 Å². The molecule has 0 aromatic carbocycles. The number of aryl methyl sites for hydroxylation is 2. The van der Waals surface area contributed by atoms with Crippen molar-refractivity contribution in [2.24, 2.45) is 5.92 Å². The van der Waals surface area contributed by atoms with Crippen molar-refractivity contribution >= 4 is 39.2 Å². The van der Waals surface area contributed by atoms with Crippen LogP contribution in [0.2, 0.25) is 0 Å². The molecule has 6 nitrogen and oxygen atoms in total. The van der Waals surface area contributed by atoms with Gasteiger partial charge in [-0.2, -0.15) is 5.26 Å². The van der Waals surface area contributed by atoms with Gasteiger partial charge in [-0.3, -0.25) is 14.2 Å². The highest BCUT2D eigenvalue weighted by Crippen LogP contribution is 2.30. The van der Waals surface area contributed by atoms with E-state index in [0.29, 0.717) is 21.9 Å². The van der Waals surface area contributed by atoms with Gasteiger partial charge in [0.25, 0.3) is 5.56 Å². The zero-order valence-electron chi connectivity index (χ0n) is 16.8. The van der Waals surface area contributed by atoms with Crippen LogP contribution in [0.25, 0.3) is 10.2 Å². The smallest absolute Gasteiger partial charge is 0.263 e. The lowest BCUT2D eigenvalue weighted by molar-refractivity contribution is -0.121. The summed E-state index contributed by atoms with van der Waals surface area (Å²) in [4.78, 5) is 32.0. The fraction of sp³-hybridized carbons (Fsp3) is 0.579. The van der Waals surface area contributed by atoms with Gasteiger partial charge in [0, 0.05) is 11.4 Å². The van der Waals surface area contributed by atoms with Crippen molar-refractivity contribution in [1.29, 1.82) is 5.26 Å². The summed E-state index contributed by atoms with van der Waals surface area (Å²) in [5, 5.41) is 13.0. The quantitative estimate of drug-likeness (QED) is 0.585. The molecule has 0 fully saturated rings. The number of rotatable bonds is 6. The van der Waals surface area contributed by atoms with Crippen molar-refractivity contribution in [2.75, 3.05) is 0 Å². The first-order valence-electron chi connectivity index (χ1n) is 8.96. The van der Waals surface area contributed by atoms with Crippen molar-refractivity contribution in [3.05, 3.63) is 20.8 Å². The average Bonchev–Trinajstić information content (AvgIpc) is 2.89. The van der Waals surface area contributed by atoms with Crippen molar-refractivity contribution in [3.63, 3.8) is 0 Å². The van der Waals surface area contributed by atoms with Gasteiger partial charge in [-0.25, -0.2) is 4.98 Å². The zero-order chi connectivity index (χ0) is 20.5. The molecule has 146 valence electrons. The lowest BCUT2D eigenvalue weighted by Gasteiger charge is -2.28. The lowest BCUT2D eigenvalue weighted by atomic mass is 9.90. The predicted octanol–water partition coefficient (Wildman–Crippen LogP) is 3.63. The SMILES string of the molecule is CCn1c(SC(C)C(=O)NC(C)(C#N)C(C)C)nc2sc(C)c(C)c2c1=O. The highest BCUT2D eigenvalue weighted by atomic mass is 32.2. The lowest BCUT2D eigenvalue weighted by Crippen LogP contribution is -2.51. The Labute approximate surface area is 168 Å². The minimum atomic E-state index is -0.935. The molecule has 0 aliphatic heterocycles. The first kappa shape index (κ1) is 21.5. The van der Waals surface area contributed by atoms with Crippen LogP contribution in [0.4, 0.5) is 0 Å². The third-order valence-corrected chi connectivity index (χ3v) is 7.18. The van der Waals surface area contributed by atoms with E-state index < -0.39 is 10.8 Å². The number of hydrogen-bond acceptors (Lipinski definition) is 6. The van der Waals surface area contributed by atoms with Crippen LogP contribution in [0.15, 0.2) is 9.95 Å². The van der Waals surface area contributed by atoms with E-state index in [9.17, 15) is 14.9 Å². The Morgan fingerprint density at radius 1 is 1.41 bits per heavy atom. The Balaban J connectivity index is 2.37. The molecule has 1 N–H and O–H groups in total. The second-order valence-electron chi connectivity index (χ2n) is 7.13. The molecular formula is C19H26N4O2S2. The van der Waals surface area contributed by atoms with Crippen LogP contribution in [0.1, 0.15) is 45.1 Å². The van der Waals surface area contributed by atoms with E-state index in [1.807, 2.05) is 34.6 Å². The van der Waals surface area contributed by atoms with E-state index in [1.165, 1.54) is 23.1 Å². The molecule has 0 spiro atoms. The van der Waals surface area contributed by atoms with Crippen LogP contribution < -0.4 is 10.9 Å². The van der Waals surface area contributed by atoms with Gasteiger partial charge >= 0.3 is 0 Å². The Morgan fingerprint density at radius 2 is 2.04 bits per heavy atom. The molecule has 2 heterocycles. The summed E-state index contributed by atoms with van der Waals surface area (Å²) < 4.78 is 1.61. The number of nitrogens with zero attached hydrogens (tertiary/aromatic N) is 3. The Morgan fingerprint density at radius 3 is 2.56 bits per heavy atom. The number of nitrogens with one attached hydrogen (secondary N) is 1. The highest BCUT2D eigenvalue weighted by molar-refractivity contribution is 8.00.